The number of amides is 1. The molecule has 1 saturated heterocycles. The van der Waals surface area contributed by atoms with Crippen molar-refractivity contribution in [2.24, 2.45) is 0 Å². The molecule has 43 heavy (non-hydrogen) atoms. The van der Waals surface area contributed by atoms with Crippen LogP contribution < -0.4 is 4.90 Å². The molecule has 5 rings (SSSR count). The fourth-order valence-corrected chi connectivity index (χ4v) is 5.75. The van der Waals surface area contributed by atoms with Crippen molar-refractivity contribution in [1.29, 1.82) is 0 Å². The first-order chi connectivity index (χ1) is 20.8. The Balaban J connectivity index is 1.47. The molecule has 1 aliphatic heterocycles. The number of carbonyl (C=O) groups is 2. The molecule has 0 saturated carbocycles. The Morgan fingerprint density at radius 2 is 1.70 bits per heavy atom. The highest BCUT2D eigenvalue weighted by Gasteiger charge is 2.30. The lowest BCUT2D eigenvalue weighted by Crippen LogP contribution is -2.36. The number of rotatable bonds is 11. The van der Waals surface area contributed by atoms with Crippen LogP contribution in [0, 0.1) is 0 Å². The van der Waals surface area contributed by atoms with E-state index in [1.165, 1.54) is 10.5 Å². The van der Waals surface area contributed by atoms with E-state index in [-0.39, 0.29) is 12.6 Å². The van der Waals surface area contributed by atoms with E-state index in [1.807, 2.05) is 54.6 Å². The largest absolute Gasteiger partial charge is 0.480 e. The van der Waals surface area contributed by atoms with E-state index in [2.05, 4.69) is 48.0 Å². The molecule has 4 aromatic rings. The normalized spacial score (nSPS) is 14.7. The number of anilines is 1. The molecule has 222 valence electrons. The summed E-state index contributed by atoms with van der Waals surface area (Å²) in [6.45, 7) is 4.90. The van der Waals surface area contributed by atoms with Crippen molar-refractivity contribution >= 4 is 29.4 Å². The van der Waals surface area contributed by atoms with Gasteiger partial charge in [-0.2, -0.15) is 0 Å². The molecule has 3 aromatic carbocycles. The summed E-state index contributed by atoms with van der Waals surface area (Å²) in [4.78, 5) is 38.9. The van der Waals surface area contributed by atoms with Gasteiger partial charge in [-0.25, -0.2) is 9.97 Å². The van der Waals surface area contributed by atoms with Gasteiger partial charge < -0.3 is 14.9 Å². The number of halogens is 1. The van der Waals surface area contributed by atoms with Crippen LogP contribution in [0.5, 0.6) is 0 Å². The maximum absolute atomic E-state index is 13.9. The number of carboxylic acids is 1. The van der Waals surface area contributed by atoms with Gasteiger partial charge in [-0.3, -0.25) is 9.59 Å². The van der Waals surface area contributed by atoms with Crippen LogP contribution in [0.15, 0.2) is 85.1 Å². The number of carboxylic acid groups (broad SMARTS) is 1. The molecular weight excluding hydrogens is 560 g/mol. The Morgan fingerprint density at radius 1 is 0.977 bits per heavy atom. The number of carbonyl (C=O) groups excluding carboxylic acids is 1. The van der Waals surface area contributed by atoms with Gasteiger partial charge in [0.2, 0.25) is 5.95 Å². The number of aliphatic carboxylic acids is 1. The summed E-state index contributed by atoms with van der Waals surface area (Å²) < 4.78 is 0. The van der Waals surface area contributed by atoms with Gasteiger partial charge in [-0.15, -0.1) is 0 Å². The summed E-state index contributed by atoms with van der Waals surface area (Å²) >= 11 is 6.15. The summed E-state index contributed by atoms with van der Waals surface area (Å²) in [5.74, 6) is -0.441. The fourth-order valence-electron chi connectivity index (χ4n) is 5.62. The molecule has 8 heteroatoms. The molecule has 2 heterocycles. The van der Waals surface area contributed by atoms with Gasteiger partial charge >= 0.3 is 5.97 Å². The maximum atomic E-state index is 13.9. The van der Waals surface area contributed by atoms with Gasteiger partial charge in [0.25, 0.3) is 5.91 Å². The molecule has 1 amide bonds. The SMILES string of the molecule is CC(C)c1ccc(CCc2nc(N3CCC[C@H]3c3ccc(Cl)cc3)ncc2C(=O)N(CC(=O)O)Cc2ccccc2)cc1. The minimum Gasteiger partial charge on any atom is -0.480 e. The number of benzene rings is 3. The smallest absolute Gasteiger partial charge is 0.323 e. The fraction of sp³-hybridized carbons (Fsp3) is 0.314. The molecule has 0 unspecified atom stereocenters. The molecule has 1 N–H and O–H groups in total. The van der Waals surface area contributed by atoms with E-state index in [9.17, 15) is 14.7 Å². The molecule has 0 aliphatic carbocycles. The highest BCUT2D eigenvalue weighted by Crippen LogP contribution is 2.35. The van der Waals surface area contributed by atoms with Crippen LogP contribution in [0.1, 0.15) is 77.0 Å². The number of hydrogen-bond donors (Lipinski definition) is 1. The van der Waals surface area contributed by atoms with Gasteiger partial charge in [-0.05, 0) is 66.0 Å². The van der Waals surface area contributed by atoms with E-state index in [1.54, 1.807) is 6.20 Å². The van der Waals surface area contributed by atoms with Crippen LogP contribution in [-0.2, 0) is 24.2 Å². The minimum atomic E-state index is -1.07. The molecule has 1 atom stereocenters. The average molecular weight is 597 g/mol. The number of aryl methyl sites for hydroxylation is 2. The van der Waals surface area contributed by atoms with Crippen molar-refractivity contribution in [3.05, 3.63) is 124 Å². The highest BCUT2D eigenvalue weighted by atomic mass is 35.5. The van der Waals surface area contributed by atoms with Gasteiger partial charge in [-0.1, -0.05) is 92.2 Å². The molecular formula is C35H37ClN4O3. The van der Waals surface area contributed by atoms with Crippen LogP contribution in [0.3, 0.4) is 0 Å². The number of hydrogen-bond acceptors (Lipinski definition) is 5. The molecule has 1 aliphatic rings. The summed E-state index contributed by atoms with van der Waals surface area (Å²) in [5.41, 5.74) is 5.37. The predicted molar refractivity (Wildman–Crippen MR) is 170 cm³/mol. The summed E-state index contributed by atoms with van der Waals surface area (Å²) in [7, 11) is 0. The van der Waals surface area contributed by atoms with Gasteiger partial charge in [0.1, 0.15) is 6.54 Å². The molecule has 1 fully saturated rings. The zero-order valence-corrected chi connectivity index (χ0v) is 25.4. The lowest BCUT2D eigenvalue weighted by molar-refractivity contribution is -0.137. The average Bonchev–Trinajstić information content (AvgIpc) is 3.50. The number of aromatic nitrogens is 2. The molecule has 0 spiro atoms. The second-order valence-corrected chi connectivity index (χ2v) is 11.8. The Bertz CT molecular complexity index is 1540. The van der Waals surface area contributed by atoms with Crippen LogP contribution in [0.25, 0.3) is 0 Å². The maximum Gasteiger partial charge on any atom is 0.323 e. The van der Waals surface area contributed by atoms with Gasteiger partial charge in [0.15, 0.2) is 0 Å². The van der Waals surface area contributed by atoms with Gasteiger partial charge in [0, 0.05) is 24.3 Å². The van der Waals surface area contributed by atoms with Crippen LogP contribution >= 0.6 is 11.6 Å². The number of nitrogens with zero attached hydrogens (tertiary/aromatic N) is 4. The predicted octanol–water partition coefficient (Wildman–Crippen LogP) is 7.11. The monoisotopic (exact) mass is 596 g/mol. The zero-order chi connectivity index (χ0) is 30.3. The van der Waals surface area contributed by atoms with Crippen molar-refractivity contribution in [1.82, 2.24) is 14.9 Å². The van der Waals surface area contributed by atoms with E-state index in [0.717, 1.165) is 36.1 Å². The first-order valence-corrected chi connectivity index (χ1v) is 15.2. The van der Waals surface area contributed by atoms with E-state index in [0.29, 0.717) is 41.0 Å². The zero-order valence-electron chi connectivity index (χ0n) is 24.6. The topological polar surface area (TPSA) is 86.6 Å². The lowest BCUT2D eigenvalue weighted by Gasteiger charge is -2.27. The minimum absolute atomic E-state index is 0.108. The molecule has 0 radical (unpaired) electrons. The summed E-state index contributed by atoms with van der Waals surface area (Å²) in [6.07, 6.45) is 4.75. The first-order valence-electron chi connectivity index (χ1n) is 14.8. The highest BCUT2D eigenvalue weighted by molar-refractivity contribution is 6.30. The third-order valence-electron chi connectivity index (χ3n) is 7.98. The molecule has 0 bridgehead atoms. The second kappa shape index (κ2) is 13.8. The summed E-state index contributed by atoms with van der Waals surface area (Å²) in [5, 5.41) is 10.3. The van der Waals surface area contributed by atoms with Crippen LogP contribution in [0.2, 0.25) is 5.02 Å². The third kappa shape index (κ3) is 7.59. The Kier molecular flexibility index (Phi) is 9.72. The van der Waals surface area contributed by atoms with Crippen molar-refractivity contribution in [2.45, 2.75) is 58.0 Å². The van der Waals surface area contributed by atoms with Crippen LogP contribution in [0.4, 0.5) is 5.95 Å². The molecule has 7 nitrogen and oxygen atoms in total. The molecule has 1 aromatic heterocycles. The van der Waals surface area contributed by atoms with E-state index < -0.39 is 18.4 Å². The first kappa shape index (κ1) is 30.2. The van der Waals surface area contributed by atoms with Crippen LogP contribution in [-0.4, -0.2) is 44.9 Å². The van der Waals surface area contributed by atoms with Gasteiger partial charge in [0.05, 0.1) is 17.3 Å². The quantitative estimate of drug-likeness (QED) is 0.199. The Labute approximate surface area is 258 Å². The standard InChI is InChI=1S/C35H37ClN4O3/c1-24(2)27-13-10-25(11-14-27)12-19-31-30(34(43)39(23-33(41)42)22-26-7-4-3-5-8-26)21-37-35(38-31)40-20-6-9-32(40)28-15-17-29(36)18-16-28/h3-5,7-8,10-11,13-18,21,24,32H,6,9,12,19-20,22-23H2,1-2H3,(H,41,42)/t32-/m0/s1. The lowest BCUT2D eigenvalue weighted by atomic mass is 9.99. The Hall–Kier alpha value is -4.23. The second-order valence-electron chi connectivity index (χ2n) is 11.4. The van der Waals surface area contributed by atoms with Crippen molar-refractivity contribution < 1.29 is 14.7 Å². The van der Waals surface area contributed by atoms with E-state index >= 15 is 0 Å². The van der Waals surface area contributed by atoms with Crippen molar-refractivity contribution in [2.75, 3.05) is 18.0 Å². The summed E-state index contributed by atoms with van der Waals surface area (Å²) in [6, 6.07) is 25.9. The van der Waals surface area contributed by atoms with Crippen molar-refractivity contribution in [3.8, 4) is 0 Å². The van der Waals surface area contributed by atoms with Crippen molar-refractivity contribution in [3.63, 3.8) is 0 Å². The Morgan fingerprint density at radius 3 is 2.37 bits per heavy atom. The van der Waals surface area contributed by atoms with E-state index in [4.69, 9.17) is 16.6 Å². The third-order valence-corrected chi connectivity index (χ3v) is 8.23.